The summed E-state index contributed by atoms with van der Waals surface area (Å²) in [5, 5.41) is 10.4. The lowest BCUT2D eigenvalue weighted by Gasteiger charge is -2.30. The van der Waals surface area contributed by atoms with E-state index in [1.807, 2.05) is 7.05 Å². The van der Waals surface area contributed by atoms with Crippen molar-refractivity contribution in [3.63, 3.8) is 0 Å². The fourth-order valence-electron chi connectivity index (χ4n) is 0.913. The maximum atomic E-state index is 10.4. The van der Waals surface area contributed by atoms with Crippen LogP contribution in [-0.2, 0) is 9.84 Å². The van der Waals surface area contributed by atoms with Gasteiger partial charge in [0.25, 0.3) is 0 Å². The van der Waals surface area contributed by atoms with Gasteiger partial charge >= 0.3 is 0 Å². The van der Waals surface area contributed by atoms with Crippen molar-refractivity contribution in [3.05, 3.63) is 0 Å². The van der Waals surface area contributed by atoms with Crippen molar-refractivity contribution < 1.29 is 9.84 Å². The summed E-state index contributed by atoms with van der Waals surface area (Å²) in [5.41, 5.74) is 0. The highest BCUT2D eigenvalue weighted by Crippen LogP contribution is 2.01. The molecule has 3 nitrogen and oxygen atoms in total. The number of rotatable bonds is 1. The summed E-state index contributed by atoms with van der Waals surface area (Å²) in [6, 6.07) is 0.110. The van der Waals surface area contributed by atoms with E-state index in [-0.39, 0.29) is 12.6 Å². The molecule has 9 heavy (non-hydrogen) atoms. The molecule has 1 radical (unpaired) electrons. The summed E-state index contributed by atoms with van der Waals surface area (Å²) in [6.45, 7) is 2.23. The molecule has 1 aliphatic heterocycles. The normalized spacial score (nSPS) is 30.7. The van der Waals surface area contributed by atoms with E-state index in [1.54, 1.807) is 0 Å². The third kappa shape index (κ3) is 1.64. The topological polar surface area (TPSA) is 32.4 Å². The third-order valence-electron chi connectivity index (χ3n) is 1.71. The van der Waals surface area contributed by atoms with Crippen LogP contribution in [0.5, 0.6) is 0 Å². The Hall–Kier alpha value is -0.120. The van der Waals surface area contributed by atoms with Crippen molar-refractivity contribution in [3.8, 4) is 0 Å². The van der Waals surface area contributed by atoms with E-state index >= 15 is 0 Å². The van der Waals surface area contributed by atoms with E-state index in [1.165, 1.54) is 0 Å². The molecule has 1 unspecified atom stereocenters. The second-order valence-electron chi connectivity index (χ2n) is 2.38. The predicted molar refractivity (Wildman–Crippen MR) is 32.8 cm³/mol. The van der Waals surface area contributed by atoms with Gasteiger partial charge in [0.2, 0.25) is 0 Å². The van der Waals surface area contributed by atoms with Gasteiger partial charge in [0.1, 0.15) is 0 Å². The molecular formula is C6H12NO2. The van der Waals surface area contributed by atoms with E-state index in [9.17, 15) is 5.11 Å². The lowest BCUT2D eigenvalue weighted by atomic mass is 10.3. The third-order valence-corrected chi connectivity index (χ3v) is 1.71. The zero-order chi connectivity index (χ0) is 6.69. The number of hydrogen-bond acceptors (Lipinski definition) is 2. The fourth-order valence-corrected chi connectivity index (χ4v) is 0.913. The van der Waals surface area contributed by atoms with E-state index in [0.717, 1.165) is 13.2 Å². The molecule has 0 aliphatic carbocycles. The molecule has 1 fully saturated rings. The molecule has 1 rings (SSSR count). The summed E-state index contributed by atoms with van der Waals surface area (Å²) in [6.07, 6.45) is 0. The first-order valence-electron chi connectivity index (χ1n) is 3.20. The van der Waals surface area contributed by atoms with Gasteiger partial charge in [-0.15, -0.1) is 0 Å². The molecule has 0 N–H and O–H groups in total. The van der Waals surface area contributed by atoms with Gasteiger partial charge in [-0.2, -0.15) is 0 Å². The Morgan fingerprint density at radius 3 is 3.00 bits per heavy atom. The second kappa shape index (κ2) is 3.15. The van der Waals surface area contributed by atoms with Crippen LogP contribution in [0.1, 0.15) is 0 Å². The summed E-state index contributed by atoms with van der Waals surface area (Å²) < 4.78 is 5.10. The minimum atomic E-state index is -0.0451. The van der Waals surface area contributed by atoms with Gasteiger partial charge in [0.15, 0.2) is 0 Å². The van der Waals surface area contributed by atoms with E-state index in [0.29, 0.717) is 6.61 Å². The molecule has 1 heterocycles. The Bertz CT molecular complexity index is 87.1. The van der Waals surface area contributed by atoms with E-state index in [2.05, 4.69) is 4.90 Å². The molecule has 1 atom stereocenters. The number of hydrogen-bond donors (Lipinski definition) is 0. The van der Waals surface area contributed by atoms with Crippen molar-refractivity contribution >= 4 is 0 Å². The Labute approximate surface area is 55.2 Å². The largest absolute Gasteiger partial charge is 0.378 e. The number of morpholine rings is 1. The molecule has 0 amide bonds. The molecule has 0 aromatic heterocycles. The van der Waals surface area contributed by atoms with Gasteiger partial charge in [-0.3, -0.25) is 4.90 Å². The monoisotopic (exact) mass is 130 g/mol. The highest BCUT2D eigenvalue weighted by Gasteiger charge is 2.18. The van der Waals surface area contributed by atoms with Crippen molar-refractivity contribution in [2.75, 3.05) is 33.4 Å². The maximum Gasteiger partial charge on any atom is 0.0999 e. The van der Waals surface area contributed by atoms with Crippen LogP contribution in [0.2, 0.25) is 0 Å². The summed E-state index contributed by atoms with van der Waals surface area (Å²) in [5.74, 6) is 0. The Balaban J connectivity index is 2.30. The van der Waals surface area contributed by atoms with Crippen molar-refractivity contribution in [2.24, 2.45) is 0 Å². The molecule has 0 aromatic rings. The van der Waals surface area contributed by atoms with Crippen LogP contribution in [0.15, 0.2) is 0 Å². The van der Waals surface area contributed by atoms with Crippen LogP contribution < -0.4 is 0 Å². The van der Waals surface area contributed by atoms with Crippen molar-refractivity contribution in [1.29, 1.82) is 0 Å². The molecule has 1 saturated heterocycles. The van der Waals surface area contributed by atoms with Crippen LogP contribution in [0.25, 0.3) is 0 Å². The Morgan fingerprint density at radius 1 is 1.78 bits per heavy atom. The molecule has 3 heteroatoms. The van der Waals surface area contributed by atoms with Gasteiger partial charge < -0.3 is 4.74 Å². The van der Waals surface area contributed by atoms with Crippen LogP contribution >= 0.6 is 0 Å². The average molecular weight is 130 g/mol. The lowest BCUT2D eigenvalue weighted by Crippen LogP contribution is -2.44. The first-order valence-corrected chi connectivity index (χ1v) is 3.20. The summed E-state index contributed by atoms with van der Waals surface area (Å²) >= 11 is 0. The van der Waals surface area contributed by atoms with Gasteiger partial charge in [-0.05, 0) is 7.05 Å². The van der Waals surface area contributed by atoms with Crippen LogP contribution in [0.4, 0.5) is 0 Å². The van der Waals surface area contributed by atoms with Gasteiger partial charge in [-0.1, -0.05) is 0 Å². The molecule has 1 aliphatic rings. The van der Waals surface area contributed by atoms with E-state index in [4.69, 9.17) is 4.74 Å². The van der Waals surface area contributed by atoms with Crippen LogP contribution in [0, 0.1) is 0 Å². The van der Waals surface area contributed by atoms with E-state index < -0.39 is 0 Å². The zero-order valence-corrected chi connectivity index (χ0v) is 5.67. The molecule has 0 spiro atoms. The van der Waals surface area contributed by atoms with Crippen LogP contribution in [0.3, 0.4) is 0 Å². The van der Waals surface area contributed by atoms with Crippen LogP contribution in [-0.4, -0.2) is 44.4 Å². The van der Waals surface area contributed by atoms with Gasteiger partial charge in [0.05, 0.1) is 25.9 Å². The standard InChI is InChI=1S/C6H12NO2/c1-7-2-3-9-5-6(7)4-8/h6H,2-5H2,1H3. The van der Waals surface area contributed by atoms with Crippen molar-refractivity contribution in [1.82, 2.24) is 4.90 Å². The fraction of sp³-hybridized carbons (Fsp3) is 1.00. The summed E-state index contributed by atoms with van der Waals surface area (Å²) in [4.78, 5) is 2.05. The SMILES string of the molecule is CN1CCOCC1C[O]. The van der Waals surface area contributed by atoms with Crippen molar-refractivity contribution in [2.45, 2.75) is 6.04 Å². The predicted octanol–water partition coefficient (Wildman–Crippen LogP) is -0.253. The minimum absolute atomic E-state index is 0.0451. The quantitative estimate of drug-likeness (QED) is 0.490. The molecule has 0 bridgehead atoms. The van der Waals surface area contributed by atoms with Gasteiger partial charge in [0, 0.05) is 6.54 Å². The average Bonchev–Trinajstić information content (AvgIpc) is 1.89. The zero-order valence-electron chi connectivity index (χ0n) is 5.67. The molecule has 0 saturated carbocycles. The lowest BCUT2D eigenvalue weighted by molar-refractivity contribution is -0.0274. The maximum absolute atomic E-state index is 10.4. The highest BCUT2D eigenvalue weighted by atomic mass is 16.5. The molecule has 53 valence electrons. The Morgan fingerprint density at radius 2 is 2.56 bits per heavy atom. The minimum Gasteiger partial charge on any atom is -0.378 e. The number of likely N-dealkylation sites (N-methyl/N-ethyl adjacent to an activating group) is 1. The number of nitrogens with zero attached hydrogens (tertiary/aromatic N) is 1. The second-order valence-corrected chi connectivity index (χ2v) is 2.38. The first kappa shape index (κ1) is 6.99. The number of ether oxygens (including phenoxy) is 1. The van der Waals surface area contributed by atoms with Gasteiger partial charge in [-0.25, -0.2) is 5.11 Å². The first-order chi connectivity index (χ1) is 4.34. The summed E-state index contributed by atoms with van der Waals surface area (Å²) in [7, 11) is 1.96. The highest BCUT2D eigenvalue weighted by molar-refractivity contribution is 4.69. The molecular weight excluding hydrogens is 118 g/mol. The smallest absolute Gasteiger partial charge is 0.0999 e. The molecule has 0 aromatic carbocycles. The Kier molecular flexibility index (Phi) is 2.45.